The van der Waals surface area contributed by atoms with Crippen LogP contribution in [0.15, 0.2) is 60.7 Å². The lowest BCUT2D eigenvalue weighted by Crippen LogP contribution is -2.31. The van der Waals surface area contributed by atoms with Crippen LogP contribution >= 0.6 is 0 Å². The number of ether oxygens (including phenoxy) is 1. The van der Waals surface area contributed by atoms with Crippen LogP contribution in [0.3, 0.4) is 0 Å². The highest BCUT2D eigenvalue weighted by Gasteiger charge is 2.23. The van der Waals surface area contributed by atoms with Gasteiger partial charge in [0, 0.05) is 25.2 Å². The van der Waals surface area contributed by atoms with Crippen LogP contribution in [-0.2, 0) is 4.79 Å². The van der Waals surface area contributed by atoms with Gasteiger partial charge < -0.3 is 20.1 Å². The Morgan fingerprint density at radius 1 is 1.03 bits per heavy atom. The summed E-state index contributed by atoms with van der Waals surface area (Å²) in [4.78, 5) is 43.3. The number of nitrogens with one attached hydrogen (secondary N) is 1. The predicted molar refractivity (Wildman–Crippen MR) is 128 cm³/mol. The molecule has 176 valence electrons. The molecule has 2 N–H and O–H groups in total. The van der Waals surface area contributed by atoms with Crippen molar-refractivity contribution in [2.75, 3.05) is 21.2 Å². The number of aromatic nitrogens is 1. The van der Waals surface area contributed by atoms with Crippen LogP contribution in [0.2, 0.25) is 0 Å². The van der Waals surface area contributed by atoms with E-state index in [2.05, 4.69) is 10.3 Å². The predicted octanol–water partition coefficient (Wildman–Crippen LogP) is 3.71. The van der Waals surface area contributed by atoms with Crippen LogP contribution in [-0.4, -0.2) is 54.0 Å². The minimum atomic E-state index is -1.03. The van der Waals surface area contributed by atoms with E-state index in [-0.39, 0.29) is 18.0 Å². The van der Waals surface area contributed by atoms with Crippen molar-refractivity contribution in [2.45, 2.75) is 19.4 Å². The summed E-state index contributed by atoms with van der Waals surface area (Å²) >= 11 is 0. The lowest BCUT2D eigenvalue weighted by molar-refractivity contribution is -0.137. The first kappa shape index (κ1) is 24.4. The fraction of sp³-hybridized carbons (Fsp3) is 0.231. The van der Waals surface area contributed by atoms with E-state index in [0.29, 0.717) is 28.1 Å². The van der Waals surface area contributed by atoms with Gasteiger partial charge in [0.15, 0.2) is 0 Å². The first-order chi connectivity index (χ1) is 16.2. The molecule has 0 radical (unpaired) electrons. The maximum atomic E-state index is 13.1. The fourth-order valence-corrected chi connectivity index (χ4v) is 3.67. The van der Waals surface area contributed by atoms with Crippen molar-refractivity contribution in [3.05, 3.63) is 83.0 Å². The second kappa shape index (κ2) is 10.6. The number of hydrogen-bond acceptors (Lipinski definition) is 5. The normalized spacial score (nSPS) is 11.4. The molecule has 0 bridgehead atoms. The second-order valence-electron chi connectivity index (χ2n) is 7.97. The summed E-state index contributed by atoms with van der Waals surface area (Å²) < 4.78 is 5.45. The second-order valence-corrected chi connectivity index (χ2v) is 7.97. The van der Waals surface area contributed by atoms with Gasteiger partial charge in [-0.3, -0.25) is 14.4 Å². The summed E-state index contributed by atoms with van der Waals surface area (Å²) in [6, 6.07) is 16.6. The van der Waals surface area contributed by atoms with E-state index in [1.807, 2.05) is 19.1 Å². The van der Waals surface area contributed by atoms with Crippen LogP contribution in [0.1, 0.15) is 44.4 Å². The minimum absolute atomic E-state index is 0.0758. The molecule has 0 saturated heterocycles. The number of carbonyl (C=O) groups is 3. The highest BCUT2D eigenvalue weighted by atomic mass is 16.5. The van der Waals surface area contributed by atoms with Gasteiger partial charge in [-0.15, -0.1) is 0 Å². The van der Waals surface area contributed by atoms with Gasteiger partial charge in [-0.1, -0.05) is 42.5 Å². The standard InChI is InChI=1S/C26H27N3O5/c1-16-9-5-6-10-17(16)21(15-23(30)31)28-25(32)20-13-14-22(34-4)24(27-20)18-11-7-8-12-19(18)26(33)29(2)3/h5-14,21H,15H2,1-4H3,(H,28,32)(H,30,31)/t21-/m0/s1. The van der Waals surface area contributed by atoms with E-state index in [0.717, 1.165) is 5.56 Å². The maximum absolute atomic E-state index is 13.1. The van der Waals surface area contributed by atoms with Crippen LogP contribution in [0.4, 0.5) is 0 Å². The molecule has 2 aromatic carbocycles. The Balaban J connectivity index is 2.02. The molecule has 1 atom stereocenters. The number of aryl methyl sites for hydroxylation is 1. The van der Waals surface area contributed by atoms with Gasteiger partial charge in [0.25, 0.3) is 11.8 Å². The number of amides is 2. The third-order valence-corrected chi connectivity index (χ3v) is 5.38. The molecule has 0 aliphatic carbocycles. The summed E-state index contributed by atoms with van der Waals surface area (Å²) in [6.45, 7) is 1.86. The summed E-state index contributed by atoms with van der Waals surface area (Å²) in [5.41, 5.74) is 2.94. The Kier molecular flexibility index (Phi) is 7.63. The van der Waals surface area contributed by atoms with Crippen molar-refractivity contribution in [1.82, 2.24) is 15.2 Å². The van der Waals surface area contributed by atoms with Gasteiger partial charge in [0.1, 0.15) is 17.1 Å². The number of carboxylic acid groups (broad SMARTS) is 1. The molecule has 34 heavy (non-hydrogen) atoms. The van der Waals surface area contributed by atoms with Crippen molar-refractivity contribution in [2.24, 2.45) is 0 Å². The molecule has 0 fully saturated rings. The highest BCUT2D eigenvalue weighted by Crippen LogP contribution is 2.31. The molecule has 1 heterocycles. The molecular weight excluding hydrogens is 434 g/mol. The molecule has 0 saturated carbocycles. The summed E-state index contributed by atoms with van der Waals surface area (Å²) in [5, 5.41) is 12.2. The van der Waals surface area contributed by atoms with Crippen molar-refractivity contribution >= 4 is 17.8 Å². The average molecular weight is 462 g/mol. The molecule has 3 rings (SSSR count). The number of carbonyl (C=O) groups excluding carboxylic acids is 2. The van der Waals surface area contributed by atoms with E-state index in [4.69, 9.17) is 4.74 Å². The molecule has 0 spiro atoms. The number of rotatable bonds is 8. The molecule has 0 aliphatic heterocycles. The first-order valence-corrected chi connectivity index (χ1v) is 10.7. The number of benzene rings is 2. The van der Waals surface area contributed by atoms with Gasteiger partial charge in [0.2, 0.25) is 0 Å². The number of nitrogens with zero attached hydrogens (tertiary/aromatic N) is 2. The minimum Gasteiger partial charge on any atom is -0.494 e. The molecule has 1 aromatic heterocycles. The summed E-state index contributed by atoms with van der Waals surface area (Å²) in [6.07, 6.45) is -0.278. The number of carboxylic acids is 1. The molecule has 8 nitrogen and oxygen atoms in total. The lowest BCUT2D eigenvalue weighted by atomic mass is 9.98. The summed E-state index contributed by atoms with van der Waals surface area (Å²) in [5.74, 6) is -1.38. The van der Waals surface area contributed by atoms with Gasteiger partial charge in [0.05, 0.1) is 19.6 Å². The molecular formula is C26H27N3O5. The highest BCUT2D eigenvalue weighted by molar-refractivity contribution is 6.01. The molecule has 2 amide bonds. The number of methoxy groups -OCH3 is 1. The Hall–Kier alpha value is -4.20. The Bertz CT molecular complexity index is 1220. The van der Waals surface area contributed by atoms with Crippen LogP contribution in [0.25, 0.3) is 11.3 Å². The third kappa shape index (κ3) is 5.40. The van der Waals surface area contributed by atoms with Crippen molar-refractivity contribution in [3.63, 3.8) is 0 Å². The van der Waals surface area contributed by atoms with E-state index in [1.165, 1.54) is 18.1 Å². The number of hydrogen-bond donors (Lipinski definition) is 2. The Morgan fingerprint density at radius 2 is 1.71 bits per heavy atom. The lowest BCUT2D eigenvalue weighted by Gasteiger charge is -2.20. The zero-order chi connectivity index (χ0) is 24.8. The number of pyridine rings is 1. The van der Waals surface area contributed by atoms with E-state index in [1.54, 1.807) is 56.6 Å². The van der Waals surface area contributed by atoms with Gasteiger partial charge in [-0.25, -0.2) is 4.98 Å². The summed E-state index contributed by atoms with van der Waals surface area (Å²) in [7, 11) is 4.79. The van der Waals surface area contributed by atoms with Crippen LogP contribution < -0.4 is 10.1 Å². The fourth-order valence-electron chi connectivity index (χ4n) is 3.67. The quantitative estimate of drug-likeness (QED) is 0.529. The molecule has 3 aromatic rings. The molecule has 0 unspecified atom stereocenters. The Labute approximate surface area is 198 Å². The van der Waals surface area contributed by atoms with Crippen molar-refractivity contribution in [1.29, 1.82) is 0 Å². The first-order valence-electron chi connectivity index (χ1n) is 10.7. The monoisotopic (exact) mass is 461 g/mol. The van der Waals surface area contributed by atoms with Gasteiger partial charge in [-0.05, 0) is 36.2 Å². The maximum Gasteiger partial charge on any atom is 0.305 e. The molecule has 0 aliphatic rings. The topological polar surface area (TPSA) is 109 Å². The van der Waals surface area contributed by atoms with E-state index >= 15 is 0 Å². The number of aliphatic carboxylic acids is 1. The zero-order valence-corrected chi connectivity index (χ0v) is 19.5. The van der Waals surface area contributed by atoms with Gasteiger partial charge >= 0.3 is 5.97 Å². The van der Waals surface area contributed by atoms with E-state index < -0.39 is 17.9 Å². The van der Waals surface area contributed by atoms with Gasteiger partial charge in [-0.2, -0.15) is 0 Å². The van der Waals surface area contributed by atoms with Crippen molar-refractivity contribution in [3.8, 4) is 17.0 Å². The van der Waals surface area contributed by atoms with Crippen molar-refractivity contribution < 1.29 is 24.2 Å². The van der Waals surface area contributed by atoms with E-state index in [9.17, 15) is 19.5 Å². The SMILES string of the molecule is COc1ccc(C(=O)N[C@@H](CC(=O)O)c2ccccc2C)nc1-c1ccccc1C(=O)N(C)C. The van der Waals surface area contributed by atoms with Crippen LogP contribution in [0, 0.1) is 6.92 Å². The zero-order valence-electron chi connectivity index (χ0n) is 19.5. The smallest absolute Gasteiger partial charge is 0.305 e. The largest absolute Gasteiger partial charge is 0.494 e. The molecule has 8 heteroatoms. The third-order valence-electron chi connectivity index (χ3n) is 5.38. The van der Waals surface area contributed by atoms with Crippen LogP contribution in [0.5, 0.6) is 5.75 Å². The average Bonchev–Trinajstić information content (AvgIpc) is 2.82. The Morgan fingerprint density at radius 3 is 2.35 bits per heavy atom.